The summed E-state index contributed by atoms with van der Waals surface area (Å²) in [5, 5.41) is 0. The Morgan fingerprint density at radius 2 is 2.18 bits per heavy atom. The summed E-state index contributed by atoms with van der Waals surface area (Å²) in [5.41, 5.74) is 5.92. The molecule has 0 saturated carbocycles. The molecule has 2 N–H and O–H groups in total. The van der Waals surface area contributed by atoms with Crippen LogP contribution in [0.25, 0.3) is 0 Å². The van der Waals surface area contributed by atoms with Gasteiger partial charge in [0.15, 0.2) is 0 Å². The van der Waals surface area contributed by atoms with Gasteiger partial charge in [-0.3, -0.25) is 0 Å². The molecule has 0 fully saturated rings. The Balaban J connectivity index is 3.10. The van der Waals surface area contributed by atoms with Crippen LogP contribution in [0.4, 0.5) is 4.39 Å². The van der Waals surface area contributed by atoms with Crippen LogP contribution in [0.1, 0.15) is 28.5 Å². The average Bonchev–Trinajstić information content (AvgIpc) is 2.37. The van der Waals surface area contributed by atoms with E-state index in [-0.39, 0.29) is 13.0 Å². The number of hydrogen-bond donors (Lipinski definition) is 1. The minimum Gasteiger partial charge on any atom is -0.496 e. The Hall–Kier alpha value is -1.62. The van der Waals surface area contributed by atoms with Crippen LogP contribution in [-0.2, 0) is 4.74 Å². The molecule has 5 heteroatoms. The molecule has 0 aliphatic heterocycles. The molecule has 1 unspecified atom stereocenters. The molecule has 1 atom stereocenters. The zero-order valence-electron chi connectivity index (χ0n) is 9.90. The van der Waals surface area contributed by atoms with E-state index in [9.17, 15) is 9.18 Å². The third kappa shape index (κ3) is 3.17. The largest absolute Gasteiger partial charge is 0.496 e. The molecule has 0 spiro atoms. The van der Waals surface area contributed by atoms with Gasteiger partial charge in [0, 0.05) is 5.56 Å². The van der Waals surface area contributed by atoms with E-state index in [1.807, 2.05) is 0 Å². The quantitative estimate of drug-likeness (QED) is 0.799. The van der Waals surface area contributed by atoms with Crippen LogP contribution in [0.5, 0.6) is 5.75 Å². The van der Waals surface area contributed by atoms with E-state index < -0.39 is 12.1 Å². The first-order chi connectivity index (χ1) is 8.13. The predicted octanol–water partition coefficient (Wildman–Crippen LogP) is 1.84. The van der Waals surface area contributed by atoms with Crippen molar-refractivity contribution in [3.63, 3.8) is 0 Å². The number of halogens is 1. The van der Waals surface area contributed by atoms with E-state index in [2.05, 4.69) is 4.74 Å². The summed E-state index contributed by atoms with van der Waals surface area (Å²) in [6.07, 6.45) is -1.07. The van der Waals surface area contributed by atoms with E-state index in [0.29, 0.717) is 16.9 Å². The number of hydrogen-bond acceptors (Lipinski definition) is 4. The fraction of sp³-hybridized carbons (Fsp3) is 0.417. The summed E-state index contributed by atoms with van der Waals surface area (Å²) in [6, 6.07) is 4.51. The average molecular weight is 241 g/mol. The number of methoxy groups -OCH3 is 2. The van der Waals surface area contributed by atoms with Crippen molar-refractivity contribution in [1.29, 1.82) is 0 Å². The van der Waals surface area contributed by atoms with Gasteiger partial charge in [-0.05, 0) is 31.2 Å². The molecule has 1 rings (SSSR count). The number of alkyl halides is 1. The number of benzene rings is 1. The molecular formula is C12H16FNO3. The molecule has 0 aliphatic rings. The highest BCUT2D eigenvalue weighted by atomic mass is 19.1. The lowest BCUT2D eigenvalue weighted by Crippen LogP contribution is -2.07. The molecule has 0 radical (unpaired) electrons. The third-order valence-electron chi connectivity index (χ3n) is 2.41. The molecule has 0 heterocycles. The van der Waals surface area contributed by atoms with Gasteiger partial charge in [-0.15, -0.1) is 0 Å². The monoisotopic (exact) mass is 241 g/mol. The second kappa shape index (κ2) is 6.20. The number of ether oxygens (including phenoxy) is 2. The van der Waals surface area contributed by atoms with Gasteiger partial charge in [-0.1, -0.05) is 0 Å². The summed E-state index contributed by atoms with van der Waals surface area (Å²) in [6.45, 7) is 0.229. The van der Waals surface area contributed by atoms with Crippen molar-refractivity contribution >= 4 is 5.97 Å². The van der Waals surface area contributed by atoms with E-state index in [1.54, 1.807) is 6.07 Å². The van der Waals surface area contributed by atoms with E-state index in [0.717, 1.165) is 0 Å². The molecule has 17 heavy (non-hydrogen) atoms. The number of carbonyl (C=O) groups excluding carboxylic acids is 1. The zero-order chi connectivity index (χ0) is 12.8. The molecule has 1 aromatic carbocycles. The first kappa shape index (κ1) is 13.4. The summed E-state index contributed by atoms with van der Waals surface area (Å²) < 4.78 is 23.4. The fourth-order valence-corrected chi connectivity index (χ4v) is 1.53. The van der Waals surface area contributed by atoms with Crippen LogP contribution in [0.3, 0.4) is 0 Å². The Labute approximate surface area is 99.5 Å². The summed E-state index contributed by atoms with van der Waals surface area (Å²) in [7, 11) is 2.73. The van der Waals surface area contributed by atoms with E-state index in [1.165, 1.54) is 26.4 Å². The van der Waals surface area contributed by atoms with Crippen molar-refractivity contribution in [2.75, 3.05) is 20.8 Å². The summed E-state index contributed by atoms with van der Waals surface area (Å²) in [4.78, 5) is 11.3. The Bertz CT molecular complexity index is 395. The van der Waals surface area contributed by atoms with Gasteiger partial charge in [0.2, 0.25) is 0 Å². The summed E-state index contributed by atoms with van der Waals surface area (Å²) in [5.74, 6) is -0.104. The van der Waals surface area contributed by atoms with Gasteiger partial charge in [0.25, 0.3) is 0 Å². The maximum Gasteiger partial charge on any atom is 0.337 e. The minimum atomic E-state index is -1.25. The van der Waals surface area contributed by atoms with Crippen LogP contribution in [0.15, 0.2) is 18.2 Å². The van der Waals surface area contributed by atoms with Crippen molar-refractivity contribution in [2.45, 2.75) is 12.6 Å². The number of carbonyl (C=O) groups is 1. The van der Waals surface area contributed by atoms with E-state index in [4.69, 9.17) is 10.5 Å². The van der Waals surface area contributed by atoms with Crippen LogP contribution >= 0.6 is 0 Å². The fourth-order valence-electron chi connectivity index (χ4n) is 1.53. The van der Waals surface area contributed by atoms with Gasteiger partial charge < -0.3 is 15.2 Å². The topological polar surface area (TPSA) is 61.5 Å². The predicted molar refractivity (Wildman–Crippen MR) is 61.9 cm³/mol. The van der Waals surface area contributed by atoms with Gasteiger partial charge in [-0.2, -0.15) is 0 Å². The molecule has 4 nitrogen and oxygen atoms in total. The molecule has 0 aromatic heterocycles. The second-order valence-electron chi connectivity index (χ2n) is 3.49. The highest BCUT2D eigenvalue weighted by Crippen LogP contribution is 2.30. The van der Waals surface area contributed by atoms with Crippen LogP contribution in [0.2, 0.25) is 0 Å². The number of rotatable bonds is 5. The van der Waals surface area contributed by atoms with Gasteiger partial charge in [0.05, 0.1) is 19.8 Å². The molecular weight excluding hydrogens is 225 g/mol. The molecule has 1 aromatic rings. The van der Waals surface area contributed by atoms with Crippen LogP contribution < -0.4 is 10.5 Å². The van der Waals surface area contributed by atoms with Crippen molar-refractivity contribution in [1.82, 2.24) is 0 Å². The van der Waals surface area contributed by atoms with E-state index >= 15 is 0 Å². The minimum absolute atomic E-state index is 0.182. The molecule has 94 valence electrons. The highest BCUT2D eigenvalue weighted by molar-refractivity contribution is 5.89. The van der Waals surface area contributed by atoms with Gasteiger partial charge in [-0.25, -0.2) is 9.18 Å². The molecule has 0 amide bonds. The first-order valence-corrected chi connectivity index (χ1v) is 5.24. The van der Waals surface area contributed by atoms with Crippen LogP contribution in [-0.4, -0.2) is 26.7 Å². The first-order valence-electron chi connectivity index (χ1n) is 5.24. The lowest BCUT2D eigenvalue weighted by molar-refractivity contribution is 0.0600. The lowest BCUT2D eigenvalue weighted by Gasteiger charge is -2.13. The molecule has 0 saturated heterocycles. The zero-order valence-corrected chi connectivity index (χ0v) is 9.90. The highest BCUT2D eigenvalue weighted by Gasteiger charge is 2.17. The van der Waals surface area contributed by atoms with Crippen LogP contribution in [0, 0.1) is 0 Å². The van der Waals surface area contributed by atoms with Crippen molar-refractivity contribution in [2.24, 2.45) is 5.73 Å². The molecule has 0 aliphatic carbocycles. The third-order valence-corrected chi connectivity index (χ3v) is 2.41. The Kier molecular flexibility index (Phi) is 4.90. The lowest BCUT2D eigenvalue weighted by atomic mass is 10.0. The van der Waals surface area contributed by atoms with Crippen molar-refractivity contribution < 1.29 is 18.7 Å². The maximum atomic E-state index is 13.8. The van der Waals surface area contributed by atoms with Crippen molar-refractivity contribution in [3.05, 3.63) is 29.3 Å². The standard InChI is InChI=1S/C12H16FNO3/c1-16-11-4-3-8(12(15)17-2)7-9(11)10(13)5-6-14/h3-4,7,10H,5-6,14H2,1-2H3. The van der Waals surface area contributed by atoms with Crippen molar-refractivity contribution in [3.8, 4) is 5.75 Å². The van der Waals surface area contributed by atoms with Gasteiger partial charge in [0.1, 0.15) is 11.9 Å². The maximum absolute atomic E-state index is 13.8. The Morgan fingerprint density at radius 3 is 2.71 bits per heavy atom. The normalized spacial score (nSPS) is 12.0. The smallest absolute Gasteiger partial charge is 0.337 e. The second-order valence-corrected chi connectivity index (χ2v) is 3.49. The Morgan fingerprint density at radius 1 is 1.47 bits per heavy atom. The SMILES string of the molecule is COC(=O)c1ccc(OC)c(C(F)CCN)c1. The number of esters is 1. The summed E-state index contributed by atoms with van der Waals surface area (Å²) >= 11 is 0. The van der Waals surface area contributed by atoms with Gasteiger partial charge >= 0.3 is 5.97 Å². The molecule has 0 bridgehead atoms. The number of nitrogens with two attached hydrogens (primary N) is 1.